The van der Waals surface area contributed by atoms with Gasteiger partial charge in [-0.05, 0) is 48.1 Å². The lowest BCUT2D eigenvalue weighted by Crippen LogP contribution is -2.11. The van der Waals surface area contributed by atoms with Crippen LogP contribution in [0.1, 0.15) is 11.1 Å². The van der Waals surface area contributed by atoms with E-state index in [-0.39, 0.29) is 0 Å². The van der Waals surface area contributed by atoms with E-state index in [0.29, 0.717) is 11.8 Å². The molecule has 0 bridgehead atoms. The summed E-state index contributed by atoms with van der Waals surface area (Å²) in [5.41, 5.74) is 2.52. The number of methoxy groups -OCH3 is 1. The second-order valence-corrected chi connectivity index (χ2v) is 6.09. The Balaban J connectivity index is 2.12. The van der Waals surface area contributed by atoms with Gasteiger partial charge in [-0.25, -0.2) is 0 Å². The highest BCUT2D eigenvalue weighted by Gasteiger charge is 2.13. The molecule has 2 rings (SSSR count). The molecule has 0 aromatic heterocycles. The minimum absolute atomic E-state index is 0.405. The minimum atomic E-state index is 0.405. The molecule has 0 saturated heterocycles. The maximum Gasteiger partial charge on any atom is 0.122 e. The van der Waals surface area contributed by atoms with E-state index in [9.17, 15) is 0 Å². The third-order valence-electron chi connectivity index (χ3n) is 3.34. The van der Waals surface area contributed by atoms with E-state index in [1.807, 2.05) is 18.2 Å². The highest BCUT2D eigenvalue weighted by atomic mass is 79.9. The van der Waals surface area contributed by atoms with Crippen molar-refractivity contribution < 1.29 is 4.74 Å². The van der Waals surface area contributed by atoms with Gasteiger partial charge in [-0.15, -0.1) is 11.6 Å². The SMILES string of the molecule is COc1ccc(Br)cc1CC(CCl)Cc1ccccc1. The molecule has 106 valence electrons. The monoisotopic (exact) mass is 352 g/mol. The van der Waals surface area contributed by atoms with E-state index in [1.54, 1.807) is 7.11 Å². The average Bonchev–Trinajstić information content (AvgIpc) is 2.48. The van der Waals surface area contributed by atoms with Crippen molar-refractivity contribution in [1.82, 2.24) is 0 Å². The quantitative estimate of drug-likeness (QED) is 0.657. The summed E-state index contributed by atoms with van der Waals surface area (Å²) in [4.78, 5) is 0. The maximum absolute atomic E-state index is 6.15. The first-order chi connectivity index (χ1) is 9.72. The van der Waals surface area contributed by atoms with Crippen molar-refractivity contribution in [3.8, 4) is 5.75 Å². The van der Waals surface area contributed by atoms with Crippen molar-refractivity contribution in [1.29, 1.82) is 0 Å². The molecule has 1 atom stereocenters. The lowest BCUT2D eigenvalue weighted by atomic mass is 9.93. The largest absolute Gasteiger partial charge is 0.496 e. The highest BCUT2D eigenvalue weighted by Crippen LogP contribution is 2.27. The van der Waals surface area contributed by atoms with Gasteiger partial charge in [0.2, 0.25) is 0 Å². The highest BCUT2D eigenvalue weighted by molar-refractivity contribution is 9.10. The van der Waals surface area contributed by atoms with Crippen LogP contribution in [0.3, 0.4) is 0 Å². The summed E-state index contributed by atoms with van der Waals surface area (Å²) in [5, 5.41) is 0. The molecule has 1 unspecified atom stereocenters. The molecule has 0 amide bonds. The van der Waals surface area contributed by atoms with Crippen LogP contribution in [0, 0.1) is 5.92 Å². The number of benzene rings is 2. The van der Waals surface area contributed by atoms with Crippen LogP contribution in [0.4, 0.5) is 0 Å². The number of ether oxygens (including phenoxy) is 1. The van der Waals surface area contributed by atoms with Crippen molar-refractivity contribution in [2.45, 2.75) is 12.8 Å². The van der Waals surface area contributed by atoms with Crippen molar-refractivity contribution in [3.63, 3.8) is 0 Å². The van der Waals surface area contributed by atoms with E-state index in [4.69, 9.17) is 16.3 Å². The molecule has 1 nitrogen and oxygen atoms in total. The van der Waals surface area contributed by atoms with E-state index in [2.05, 4.69) is 46.3 Å². The van der Waals surface area contributed by atoms with Crippen LogP contribution < -0.4 is 4.74 Å². The van der Waals surface area contributed by atoms with Crippen LogP contribution in [0.25, 0.3) is 0 Å². The normalized spacial score (nSPS) is 12.2. The van der Waals surface area contributed by atoms with E-state index in [0.717, 1.165) is 23.1 Å². The fourth-order valence-corrected chi connectivity index (χ4v) is 2.97. The van der Waals surface area contributed by atoms with Gasteiger partial charge in [0.1, 0.15) is 5.75 Å². The Morgan fingerprint density at radius 3 is 2.50 bits per heavy atom. The Kier molecular flexibility index (Phi) is 5.93. The first-order valence-corrected chi connectivity index (χ1v) is 7.98. The Hall–Kier alpha value is -0.990. The van der Waals surface area contributed by atoms with Gasteiger partial charge >= 0.3 is 0 Å². The summed E-state index contributed by atoms with van der Waals surface area (Å²) in [7, 11) is 1.71. The molecule has 0 aliphatic rings. The van der Waals surface area contributed by atoms with E-state index < -0.39 is 0 Å². The molecule has 20 heavy (non-hydrogen) atoms. The van der Waals surface area contributed by atoms with Crippen molar-refractivity contribution in [3.05, 3.63) is 64.1 Å². The van der Waals surface area contributed by atoms with Crippen LogP contribution >= 0.6 is 27.5 Å². The van der Waals surface area contributed by atoms with Gasteiger partial charge < -0.3 is 4.74 Å². The summed E-state index contributed by atoms with van der Waals surface area (Å²) in [6.45, 7) is 0. The standard InChI is InChI=1S/C17H18BrClO/c1-20-17-8-7-16(18)11-15(17)10-14(12-19)9-13-5-3-2-4-6-13/h2-8,11,14H,9-10,12H2,1H3. The Labute approximate surface area is 134 Å². The smallest absolute Gasteiger partial charge is 0.122 e. The van der Waals surface area contributed by atoms with Crippen LogP contribution in [-0.4, -0.2) is 13.0 Å². The number of hydrogen-bond donors (Lipinski definition) is 0. The molecule has 0 heterocycles. The van der Waals surface area contributed by atoms with E-state index in [1.165, 1.54) is 11.1 Å². The number of alkyl halides is 1. The average molecular weight is 354 g/mol. The Morgan fingerprint density at radius 1 is 1.10 bits per heavy atom. The minimum Gasteiger partial charge on any atom is -0.496 e. The summed E-state index contributed by atoms with van der Waals surface area (Å²) in [6.07, 6.45) is 1.90. The molecule has 0 fully saturated rings. The van der Waals surface area contributed by atoms with Crippen molar-refractivity contribution >= 4 is 27.5 Å². The third kappa shape index (κ3) is 4.26. The van der Waals surface area contributed by atoms with Gasteiger partial charge in [0.15, 0.2) is 0 Å². The molecule has 0 saturated carbocycles. The molecular weight excluding hydrogens is 336 g/mol. The van der Waals surface area contributed by atoms with Crippen LogP contribution in [0.15, 0.2) is 53.0 Å². The van der Waals surface area contributed by atoms with Gasteiger partial charge in [-0.3, -0.25) is 0 Å². The third-order valence-corrected chi connectivity index (χ3v) is 4.27. The molecule has 2 aromatic rings. The summed E-state index contributed by atoms with van der Waals surface area (Å²) >= 11 is 9.67. The predicted molar refractivity (Wildman–Crippen MR) is 88.8 cm³/mol. The zero-order valence-corrected chi connectivity index (χ0v) is 13.8. The number of hydrogen-bond acceptors (Lipinski definition) is 1. The Bertz CT molecular complexity index is 542. The van der Waals surface area contributed by atoms with Gasteiger partial charge in [0.25, 0.3) is 0 Å². The van der Waals surface area contributed by atoms with Crippen molar-refractivity contribution in [2.24, 2.45) is 5.92 Å². The fraction of sp³-hybridized carbons (Fsp3) is 0.294. The maximum atomic E-state index is 6.15. The van der Waals surface area contributed by atoms with Gasteiger partial charge in [0.05, 0.1) is 7.11 Å². The molecule has 0 radical (unpaired) electrons. The lowest BCUT2D eigenvalue weighted by Gasteiger charge is -2.16. The van der Waals surface area contributed by atoms with Gasteiger partial charge in [-0.1, -0.05) is 46.3 Å². The predicted octanol–water partition coefficient (Wildman–Crippen LogP) is 5.10. The molecule has 0 spiro atoms. The first-order valence-electron chi connectivity index (χ1n) is 6.65. The topological polar surface area (TPSA) is 9.23 Å². The Morgan fingerprint density at radius 2 is 1.85 bits per heavy atom. The summed E-state index contributed by atoms with van der Waals surface area (Å²) in [6, 6.07) is 16.6. The van der Waals surface area contributed by atoms with Crippen LogP contribution in [0.2, 0.25) is 0 Å². The molecule has 0 aliphatic carbocycles. The lowest BCUT2D eigenvalue weighted by molar-refractivity contribution is 0.405. The van der Waals surface area contributed by atoms with E-state index >= 15 is 0 Å². The van der Waals surface area contributed by atoms with Crippen molar-refractivity contribution in [2.75, 3.05) is 13.0 Å². The van der Waals surface area contributed by atoms with Gasteiger partial charge in [0, 0.05) is 10.4 Å². The van der Waals surface area contributed by atoms with Crippen LogP contribution in [-0.2, 0) is 12.8 Å². The zero-order chi connectivity index (χ0) is 14.4. The van der Waals surface area contributed by atoms with Crippen LogP contribution in [0.5, 0.6) is 5.75 Å². The zero-order valence-electron chi connectivity index (χ0n) is 11.5. The number of rotatable bonds is 6. The molecule has 0 N–H and O–H groups in total. The molecule has 0 aliphatic heterocycles. The summed E-state index contributed by atoms with van der Waals surface area (Å²) < 4.78 is 6.50. The molecule has 3 heteroatoms. The fourth-order valence-electron chi connectivity index (χ4n) is 2.35. The first kappa shape index (κ1) is 15.4. The second-order valence-electron chi connectivity index (χ2n) is 4.87. The molecule has 2 aromatic carbocycles. The second kappa shape index (κ2) is 7.70. The molecular formula is C17H18BrClO. The number of halogens is 2. The van der Waals surface area contributed by atoms with Gasteiger partial charge in [-0.2, -0.15) is 0 Å². The summed E-state index contributed by atoms with van der Waals surface area (Å²) in [5.74, 6) is 1.98.